The lowest BCUT2D eigenvalue weighted by molar-refractivity contribution is -0.121. The van der Waals surface area contributed by atoms with Gasteiger partial charge in [0.25, 0.3) is 0 Å². The second-order valence-electron chi connectivity index (χ2n) is 4.14. The van der Waals surface area contributed by atoms with Gasteiger partial charge in [-0.3, -0.25) is 4.79 Å². The molecule has 0 bridgehead atoms. The van der Waals surface area contributed by atoms with E-state index in [-0.39, 0.29) is 18.6 Å². The average Bonchev–Trinajstić information content (AvgIpc) is 2.75. The van der Waals surface area contributed by atoms with E-state index in [0.717, 1.165) is 5.69 Å². The van der Waals surface area contributed by atoms with Gasteiger partial charge in [0.15, 0.2) is 0 Å². The van der Waals surface area contributed by atoms with Gasteiger partial charge in [0.1, 0.15) is 0 Å². The molecule has 2 heterocycles. The second-order valence-corrected chi connectivity index (χ2v) is 4.14. The van der Waals surface area contributed by atoms with Crippen LogP contribution in [0.4, 0.5) is 0 Å². The van der Waals surface area contributed by atoms with Crippen LogP contribution in [-0.4, -0.2) is 32.6 Å². The van der Waals surface area contributed by atoms with Gasteiger partial charge in [0.2, 0.25) is 5.91 Å². The Labute approximate surface area is 99.3 Å². The van der Waals surface area contributed by atoms with Gasteiger partial charge in [0, 0.05) is 24.9 Å². The molecule has 17 heavy (non-hydrogen) atoms. The van der Waals surface area contributed by atoms with E-state index in [1.54, 1.807) is 4.68 Å². The molecule has 1 aromatic rings. The zero-order valence-corrected chi connectivity index (χ0v) is 9.59. The van der Waals surface area contributed by atoms with Crippen molar-refractivity contribution in [1.29, 1.82) is 0 Å². The van der Waals surface area contributed by atoms with Crippen molar-refractivity contribution < 1.29 is 9.90 Å². The summed E-state index contributed by atoms with van der Waals surface area (Å²) in [6.45, 7) is 3.99. The summed E-state index contributed by atoms with van der Waals surface area (Å²) >= 11 is 0. The van der Waals surface area contributed by atoms with E-state index in [9.17, 15) is 4.79 Å². The Balaban J connectivity index is 2.04. The van der Waals surface area contributed by atoms with Crippen LogP contribution in [0.2, 0.25) is 0 Å². The van der Waals surface area contributed by atoms with Crippen molar-refractivity contribution in [2.45, 2.75) is 31.7 Å². The number of allylic oxidation sites excluding steroid dienone is 1. The van der Waals surface area contributed by atoms with Crippen molar-refractivity contribution in [3.05, 3.63) is 24.2 Å². The van der Waals surface area contributed by atoms with E-state index in [1.165, 1.54) is 0 Å². The third-order valence-corrected chi connectivity index (χ3v) is 2.82. The molecule has 2 N–H and O–H groups in total. The van der Waals surface area contributed by atoms with Gasteiger partial charge in [0.05, 0.1) is 11.7 Å². The summed E-state index contributed by atoms with van der Waals surface area (Å²) < 4.78 is 1.73. The maximum Gasteiger partial charge on any atom is 0.224 e. The number of hydrogen-bond acceptors (Lipinski definition) is 4. The van der Waals surface area contributed by atoms with E-state index in [0.29, 0.717) is 31.4 Å². The van der Waals surface area contributed by atoms with Crippen LogP contribution >= 0.6 is 0 Å². The van der Waals surface area contributed by atoms with Gasteiger partial charge in [-0.1, -0.05) is 11.8 Å². The Morgan fingerprint density at radius 1 is 1.65 bits per heavy atom. The van der Waals surface area contributed by atoms with Crippen LogP contribution in [0, 0.1) is 0 Å². The molecule has 2 rings (SSSR count). The molecule has 1 atom stereocenters. The highest BCUT2D eigenvalue weighted by atomic mass is 16.2. The van der Waals surface area contributed by atoms with Crippen LogP contribution < -0.4 is 5.32 Å². The topological polar surface area (TPSA) is 80.0 Å². The number of aryl methyl sites for hydroxylation is 1. The predicted molar refractivity (Wildman–Crippen MR) is 61.0 cm³/mol. The number of amides is 1. The number of carbonyl (C=O) groups excluding carboxylic acids is 1. The van der Waals surface area contributed by atoms with Gasteiger partial charge in [-0.2, -0.15) is 0 Å². The molecule has 1 fully saturated rings. The molecular formula is C11H16N4O2. The average molecular weight is 236 g/mol. The molecular weight excluding hydrogens is 220 g/mol. The number of nitrogens with zero attached hydrogens (tertiary/aromatic N) is 3. The van der Waals surface area contributed by atoms with E-state index < -0.39 is 0 Å². The van der Waals surface area contributed by atoms with Crippen LogP contribution in [0.15, 0.2) is 18.5 Å². The van der Waals surface area contributed by atoms with Crippen molar-refractivity contribution in [3.63, 3.8) is 0 Å². The fourth-order valence-electron chi connectivity index (χ4n) is 1.90. The fourth-order valence-corrected chi connectivity index (χ4v) is 1.90. The number of piperidine rings is 1. The molecule has 0 radical (unpaired) electrons. The molecule has 0 saturated carbocycles. The lowest BCUT2D eigenvalue weighted by atomic mass is 10.0. The smallest absolute Gasteiger partial charge is 0.224 e. The summed E-state index contributed by atoms with van der Waals surface area (Å²) in [6, 6.07) is -0.0110. The van der Waals surface area contributed by atoms with Gasteiger partial charge in [-0.25, -0.2) is 4.68 Å². The first-order chi connectivity index (χ1) is 8.20. The molecule has 1 aromatic heterocycles. The quantitative estimate of drug-likeness (QED) is 0.781. The fraction of sp³-hybridized carbons (Fsp3) is 0.545. The van der Waals surface area contributed by atoms with E-state index >= 15 is 0 Å². The van der Waals surface area contributed by atoms with Crippen LogP contribution in [0.5, 0.6) is 0 Å². The number of aliphatic hydroxyl groups is 1. The zero-order chi connectivity index (χ0) is 12.3. The first-order valence-corrected chi connectivity index (χ1v) is 5.71. The van der Waals surface area contributed by atoms with Gasteiger partial charge < -0.3 is 10.4 Å². The van der Waals surface area contributed by atoms with Gasteiger partial charge >= 0.3 is 0 Å². The van der Waals surface area contributed by atoms with Crippen molar-refractivity contribution in [2.24, 2.45) is 0 Å². The molecule has 0 aromatic carbocycles. The number of aromatic nitrogens is 3. The summed E-state index contributed by atoms with van der Waals surface area (Å²) in [7, 11) is 0. The van der Waals surface area contributed by atoms with E-state index in [1.807, 2.05) is 6.20 Å². The summed E-state index contributed by atoms with van der Waals surface area (Å²) in [5, 5.41) is 19.5. The number of rotatable bonds is 4. The van der Waals surface area contributed by atoms with Crippen molar-refractivity contribution >= 4 is 5.91 Å². The molecule has 0 aliphatic carbocycles. The predicted octanol–water partition coefficient (Wildman–Crippen LogP) is 0.168. The Bertz CT molecular complexity index is 427. The van der Waals surface area contributed by atoms with E-state index in [4.69, 9.17) is 5.11 Å². The maximum atomic E-state index is 11.2. The SMILES string of the molecule is C=C1NC(=O)CCC1n1cc(CCCO)nn1. The van der Waals surface area contributed by atoms with Crippen LogP contribution in [0.3, 0.4) is 0 Å². The first kappa shape index (κ1) is 11.8. The highest BCUT2D eigenvalue weighted by Crippen LogP contribution is 2.23. The number of hydrogen-bond donors (Lipinski definition) is 2. The Kier molecular flexibility index (Phi) is 3.53. The molecule has 1 aliphatic heterocycles. The van der Waals surface area contributed by atoms with Crippen LogP contribution in [0.1, 0.15) is 31.0 Å². The molecule has 0 spiro atoms. The monoisotopic (exact) mass is 236 g/mol. The molecule has 1 amide bonds. The summed E-state index contributed by atoms with van der Waals surface area (Å²) in [6.07, 6.45) is 4.43. The Morgan fingerprint density at radius 2 is 2.47 bits per heavy atom. The minimum atomic E-state index is -0.0110. The number of aliphatic hydroxyl groups excluding tert-OH is 1. The largest absolute Gasteiger partial charge is 0.396 e. The second kappa shape index (κ2) is 5.09. The molecule has 1 aliphatic rings. The Hall–Kier alpha value is -1.69. The van der Waals surface area contributed by atoms with Crippen molar-refractivity contribution in [3.8, 4) is 0 Å². The lowest BCUT2D eigenvalue weighted by Crippen LogP contribution is -2.33. The molecule has 1 unspecified atom stereocenters. The molecule has 6 nitrogen and oxygen atoms in total. The lowest BCUT2D eigenvalue weighted by Gasteiger charge is -2.24. The summed E-state index contributed by atoms with van der Waals surface area (Å²) in [5.41, 5.74) is 1.52. The standard InChI is InChI=1S/C11H16N4O2/c1-8-10(4-5-11(17)12-8)15-7-9(13-14-15)3-2-6-16/h7,10,16H,1-6H2,(H,12,17). The molecule has 6 heteroatoms. The highest BCUT2D eigenvalue weighted by Gasteiger charge is 2.24. The van der Waals surface area contributed by atoms with Crippen molar-refractivity contribution in [1.82, 2.24) is 20.3 Å². The summed E-state index contributed by atoms with van der Waals surface area (Å²) in [4.78, 5) is 11.2. The van der Waals surface area contributed by atoms with Crippen molar-refractivity contribution in [2.75, 3.05) is 6.61 Å². The zero-order valence-electron chi connectivity index (χ0n) is 9.59. The van der Waals surface area contributed by atoms with Crippen LogP contribution in [-0.2, 0) is 11.2 Å². The molecule has 1 saturated heterocycles. The molecule has 92 valence electrons. The third kappa shape index (κ3) is 2.71. The highest BCUT2D eigenvalue weighted by molar-refractivity contribution is 5.79. The summed E-state index contributed by atoms with van der Waals surface area (Å²) in [5.74, 6) is 0.00636. The third-order valence-electron chi connectivity index (χ3n) is 2.82. The minimum Gasteiger partial charge on any atom is -0.396 e. The number of carbonyl (C=O) groups is 1. The van der Waals surface area contributed by atoms with Crippen LogP contribution in [0.25, 0.3) is 0 Å². The van der Waals surface area contributed by atoms with Gasteiger partial charge in [-0.15, -0.1) is 5.10 Å². The van der Waals surface area contributed by atoms with E-state index in [2.05, 4.69) is 22.2 Å². The minimum absolute atomic E-state index is 0.00636. The Morgan fingerprint density at radius 3 is 3.18 bits per heavy atom. The number of nitrogens with one attached hydrogen (secondary N) is 1. The first-order valence-electron chi connectivity index (χ1n) is 5.71. The normalized spacial score (nSPS) is 20.4. The van der Waals surface area contributed by atoms with Gasteiger partial charge in [-0.05, 0) is 19.3 Å². The maximum absolute atomic E-state index is 11.2.